The summed E-state index contributed by atoms with van der Waals surface area (Å²) in [5, 5.41) is 0. The average molecular weight is 527 g/mol. The first kappa shape index (κ1) is 32.2. The van der Waals surface area contributed by atoms with Crippen molar-refractivity contribution in [2.45, 2.75) is 143 Å². The maximum atomic E-state index is 14.3. The Labute approximate surface area is 233 Å². The van der Waals surface area contributed by atoms with Gasteiger partial charge in [-0.2, -0.15) is 0 Å². The van der Waals surface area contributed by atoms with Gasteiger partial charge in [0.05, 0.1) is 6.61 Å². The first-order valence-corrected chi connectivity index (χ1v) is 15.8. The molecule has 0 aliphatic carbocycles. The molecule has 1 aromatic heterocycles. The molecular weight excluding hydrogens is 471 g/mol. The van der Waals surface area contributed by atoms with Crippen molar-refractivity contribution < 1.29 is 9.13 Å². The lowest BCUT2D eigenvalue weighted by Gasteiger charge is -2.14. The van der Waals surface area contributed by atoms with Gasteiger partial charge < -0.3 is 4.74 Å². The lowest BCUT2D eigenvalue weighted by molar-refractivity contribution is 0.216. The van der Waals surface area contributed by atoms with Crippen molar-refractivity contribution in [3.8, 4) is 17.1 Å². The molecule has 214 valence electrons. The maximum Gasteiger partial charge on any atom is 0.159 e. The Hall–Kier alpha value is -1.97. The zero-order chi connectivity index (χ0) is 27.3. The van der Waals surface area contributed by atoms with E-state index in [1.54, 1.807) is 0 Å². The molecule has 0 amide bonds. The van der Waals surface area contributed by atoms with Gasteiger partial charge in [-0.3, -0.25) is 0 Å². The summed E-state index contributed by atoms with van der Waals surface area (Å²) >= 11 is 0. The molecule has 0 aliphatic heterocycles. The molecule has 0 radical (unpaired) electrons. The van der Waals surface area contributed by atoms with Gasteiger partial charge in [0, 0.05) is 24.4 Å². The van der Waals surface area contributed by atoms with Crippen molar-refractivity contribution in [1.29, 1.82) is 0 Å². The van der Waals surface area contributed by atoms with Crippen LogP contribution in [0.5, 0.6) is 5.75 Å². The summed E-state index contributed by atoms with van der Waals surface area (Å²) in [5.41, 5.74) is 2.19. The van der Waals surface area contributed by atoms with Crippen molar-refractivity contribution in [3.63, 3.8) is 0 Å². The topological polar surface area (TPSA) is 35.0 Å². The minimum Gasteiger partial charge on any atom is -0.493 e. The molecule has 38 heavy (non-hydrogen) atoms. The smallest absolute Gasteiger partial charge is 0.159 e. The summed E-state index contributed by atoms with van der Waals surface area (Å²) < 4.78 is 20.1. The Kier molecular flexibility index (Phi) is 17.8. The van der Waals surface area contributed by atoms with Crippen LogP contribution in [0.3, 0.4) is 0 Å². The Morgan fingerprint density at radius 2 is 1.26 bits per heavy atom. The van der Waals surface area contributed by atoms with Gasteiger partial charge >= 0.3 is 0 Å². The van der Waals surface area contributed by atoms with E-state index in [1.807, 2.05) is 36.7 Å². The summed E-state index contributed by atoms with van der Waals surface area (Å²) in [7, 11) is 0. The highest BCUT2D eigenvalue weighted by atomic mass is 19.1. The highest BCUT2D eigenvalue weighted by Crippen LogP contribution is 2.22. The van der Waals surface area contributed by atoms with E-state index in [0.29, 0.717) is 25.4 Å². The third-order valence-electron chi connectivity index (χ3n) is 7.61. The van der Waals surface area contributed by atoms with Gasteiger partial charge in [0.2, 0.25) is 0 Å². The minimum absolute atomic E-state index is 0.412. The van der Waals surface area contributed by atoms with Crippen LogP contribution in [0.15, 0.2) is 36.7 Å². The summed E-state index contributed by atoms with van der Waals surface area (Å²) in [5.74, 6) is 2.12. The largest absolute Gasteiger partial charge is 0.493 e. The third-order valence-corrected chi connectivity index (χ3v) is 7.61. The van der Waals surface area contributed by atoms with Gasteiger partial charge in [-0.1, -0.05) is 104 Å². The fraction of sp³-hybridized carbons (Fsp3) is 0.706. The van der Waals surface area contributed by atoms with Crippen molar-refractivity contribution in [2.24, 2.45) is 5.92 Å². The quantitative estimate of drug-likeness (QED) is 0.135. The minimum atomic E-state index is -0.782. The number of aromatic nitrogens is 2. The molecule has 0 aliphatic rings. The van der Waals surface area contributed by atoms with Crippen molar-refractivity contribution in [3.05, 3.63) is 42.2 Å². The summed E-state index contributed by atoms with van der Waals surface area (Å²) in [6.45, 7) is 7.15. The first-order chi connectivity index (χ1) is 18.6. The summed E-state index contributed by atoms with van der Waals surface area (Å²) in [4.78, 5) is 9.17. The third kappa shape index (κ3) is 14.8. The number of hydrogen-bond donors (Lipinski definition) is 0. The van der Waals surface area contributed by atoms with Crippen LogP contribution in [0.25, 0.3) is 11.4 Å². The number of ether oxygens (including phenoxy) is 1. The Morgan fingerprint density at radius 1 is 0.684 bits per heavy atom. The Bertz CT molecular complexity index is 808. The highest BCUT2D eigenvalue weighted by molar-refractivity contribution is 5.55. The SMILES string of the molecule is CCCCCCCCCCCCc1cnc(-c2ccc(OCCC(F)CCC(C)CCCCC)cc2)nc1. The van der Waals surface area contributed by atoms with Crippen LogP contribution in [0.2, 0.25) is 0 Å². The van der Waals surface area contributed by atoms with Crippen molar-refractivity contribution in [2.75, 3.05) is 6.61 Å². The molecule has 1 heterocycles. The van der Waals surface area contributed by atoms with E-state index in [2.05, 4.69) is 30.7 Å². The lowest BCUT2D eigenvalue weighted by atomic mass is 9.96. The van der Waals surface area contributed by atoms with E-state index in [4.69, 9.17) is 4.74 Å². The molecule has 1 aromatic carbocycles. The van der Waals surface area contributed by atoms with Crippen LogP contribution in [-0.2, 0) is 6.42 Å². The van der Waals surface area contributed by atoms with E-state index in [9.17, 15) is 4.39 Å². The number of unbranched alkanes of at least 4 members (excludes halogenated alkanes) is 11. The van der Waals surface area contributed by atoms with Crippen LogP contribution in [-0.4, -0.2) is 22.7 Å². The number of rotatable bonds is 23. The highest BCUT2D eigenvalue weighted by Gasteiger charge is 2.10. The maximum absolute atomic E-state index is 14.3. The predicted molar refractivity (Wildman–Crippen MR) is 161 cm³/mol. The van der Waals surface area contributed by atoms with Crippen LogP contribution in [0.1, 0.15) is 135 Å². The van der Waals surface area contributed by atoms with Crippen molar-refractivity contribution >= 4 is 0 Å². The molecule has 3 nitrogen and oxygen atoms in total. The number of aryl methyl sites for hydroxylation is 1. The molecule has 2 rings (SSSR count). The molecule has 0 spiro atoms. The van der Waals surface area contributed by atoms with Gasteiger partial charge in [0.15, 0.2) is 5.82 Å². The van der Waals surface area contributed by atoms with Crippen LogP contribution in [0, 0.1) is 5.92 Å². The van der Waals surface area contributed by atoms with Gasteiger partial charge in [-0.25, -0.2) is 14.4 Å². The molecule has 0 fully saturated rings. The first-order valence-electron chi connectivity index (χ1n) is 15.8. The lowest BCUT2D eigenvalue weighted by Crippen LogP contribution is -2.09. The molecule has 0 saturated carbocycles. The Balaban J connectivity index is 1.59. The number of nitrogens with zero attached hydrogens (tertiary/aromatic N) is 2. The second-order valence-corrected chi connectivity index (χ2v) is 11.3. The van der Waals surface area contributed by atoms with Crippen LogP contribution >= 0.6 is 0 Å². The summed E-state index contributed by atoms with van der Waals surface area (Å²) in [6, 6.07) is 7.83. The van der Waals surface area contributed by atoms with Crippen LogP contribution in [0.4, 0.5) is 4.39 Å². The fourth-order valence-corrected chi connectivity index (χ4v) is 4.95. The number of halogens is 1. The second-order valence-electron chi connectivity index (χ2n) is 11.3. The van der Waals surface area contributed by atoms with E-state index in [1.165, 1.54) is 95.5 Å². The van der Waals surface area contributed by atoms with E-state index >= 15 is 0 Å². The molecule has 0 saturated heterocycles. The molecule has 2 aromatic rings. The molecule has 0 N–H and O–H groups in total. The number of benzene rings is 1. The predicted octanol–water partition coefficient (Wildman–Crippen LogP) is 10.7. The zero-order valence-electron chi connectivity index (χ0n) is 24.7. The van der Waals surface area contributed by atoms with Gasteiger partial charge in [0.25, 0.3) is 0 Å². The van der Waals surface area contributed by atoms with E-state index in [0.717, 1.165) is 30.0 Å². The van der Waals surface area contributed by atoms with Crippen molar-refractivity contribution in [1.82, 2.24) is 9.97 Å². The number of hydrogen-bond acceptors (Lipinski definition) is 3. The standard InChI is InChI=1S/C34H55FN2O/c1-4-6-8-9-10-11-12-13-14-16-18-30-27-36-34(37-28-30)31-20-23-33(24-21-31)38-26-25-32(35)22-19-29(3)17-15-7-5-2/h20-21,23-24,27-29,32H,4-19,22,25-26H2,1-3H3. The molecular formula is C34H55FN2O. The second kappa shape index (κ2) is 20.9. The fourth-order valence-electron chi connectivity index (χ4n) is 4.95. The van der Waals surface area contributed by atoms with Gasteiger partial charge in [0.1, 0.15) is 11.9 Å². The molecule has 2 atom stereocenters. The molecule has 0 bridgehead atoms. The number of alkyl halides is 1. The van der Waals surface area contributed by atoms with Gasteiger partial charge in [-0.05, 0) is 61.4 Å². The molecule has 2 unspecified atom stereocenters. The van der Waals surface area contributed by atoms with E-state index < -0.39 is 6.17 Å². The Morgan fingerprint density at radius 3 is 1.89 bits per heavy atom. The summed E-state index contributed by atoms with van der Waals surface area (Å²) in [6.07, 6.45) is 24.8. The molecule has 4 heteroatoms. The normalized spacial score (nSPS) is 12.9. The monoisotopic (exact) mass is 526 g/mol. The van der Waals surface area contributed by atoms with Crippen LogP contribution < -0.4 is 4.74 Å². The van der Waals surface area contributed by atoms with E-state index in [-0.39, 0.29) is 0 Å². The zero-order valence-corrected chi connectivity index (χ0v) is 24.7. The average Bonchev–Trinajstić information content (AvgIpc) is 2.94. The van der Waals surface area contributed by atoms with Gasteiger partial charge in [-0.15, -0.1) is 0 Å².